The van der Waals surface area contributed by atoms with E-state index in [1.165, 1.54) is 0 Å². The van der Waals surface area contributed by atoms with Crippen molar-refractivity contribution in [2.24, 2.45) is 5.92 Å². The Labute approximate surface area is 103 Å². The molecule has 17 heavy (non-hydrogen) atoms. The summed E-state index contributed by atoms with van der Waals surface area (Å²) < 4.78 is 0. The Morgan fingerprint density at radius 1 is 1.18 bits per heavy atom. The van der Waals surface area contributed by atoms with Crippen molar-refractivity contribution < 1.29 is 5.11 Å². The third-order valence-electron chi connectivity index (χ3n) is 2.82. The van der Waals surface area contributed by atoms with Crippen molar-refractivity contribution in [2.45, 2.75) is 33.7 Å². The zero-order valence-corrected chi connectivity index (χ0v) is 11.2. The summed E-state index contributed by atoms with van der Waals surface area (Å²) in [7, 11) is 1.84. The number of aliphatic hydroxyl groups is 1. The van der Waals surface area contributed by atoms with Crippen LogP contribution in [0.15, 0.2) is 0 Å². The molecule has 0 aliphatic carbocycles. The number of aromatic nitrogens is 2. The van der Waals surface area contributed by atoms with Crippen molar-refractivity contribution in [3.05, 3.63) is 11.4 Å². The van der Waals surface area contributed by atoms with Gasteiger partial charge in [-0.1, -0.05) is 13.8 Å². The Bertz CT molecular complexity index is 379. The predicted octanol–water partition coefficient (Wildman–Crippen LogP) is 1.56. The standard InChI is InChI=1S/C12H22N4O/c1-7(2)10(6-17)16-12-8(3)11(13-5)14-9(4)15-12/h7,10,17H,6H2,1-5H3,(H2,13,14,15,16). The van der Waals surface area contributed by atoms with Gasteiger partial charge in [-0.05, 0) is 19.8 Å². The predicted molar refractivity (Wildman–Crippen MR) is 70.4 cm³/mol. The van der Waals surface area contributed by atoms with Gasteiger partial charge in [0.05, 0.1) is 12.6 Å². The minimum Gasteiger partial charge on any atom is -0.394 e. The summed E-state index contributed by atoms with van der Waals surface area (Å²) in [5, 5.41) is 15.6. The van der Waals surface area contributed by atoms with Gasteiger partial charge >= 0.3 is 0 Å². The number of nitrogens with zero attached hydrogens (tertiary/aromatic N) is 2. The zero-order chi connectivity index (χ0) is 13.0. The van der Waals surface area contributed by atoms with Gasteiger partial charge in [0.1, 0.15) is 17.5 Å². The Kier molecular flexibility index (Phi) is 4.69. The van der Waals surface area contributed by atoms with Crippen LogP contribution in [0.2, 0.25) is 0 Å². The summed E-state index contributed by atoms with van der Waals surface area (Å²) >= 11 is 0. The summed E-state index contributed by atoms with van der Waals surface area (Å²) in [6.07, 6.45) is 0. The van der Waals surface area contributed by atoms with Crippen LogP contribution in [0.3, 0.4) is 0 Å². The molecule has 0 radical (unpaired) electrons. The van der Waals surface area contributed by atoms with Crippen LogP contribution in [-0.4, -0.2) is 34.8 Å². The molecule has 0 aromatic carbocycles. The van der Waals surface area contributed by atoms with E-state index in [2.05, 4.69) is 34.4 Å². The maximum atomic E-state index is 9.32. The lowest BCUT2D eigenvalue weighted by atomic mass is 10.1. The summed E-state index contributed by atoms with van der Waals surface area (Å²) in [5.41, 5.74) is 0.970. The molecule has 1 unspecified atom stereocenters. The van der Waals surface area contributed by atoms with Gasteiger partial charge in [0.2, 0.25) is 0 Å². The third kappa shape index (κ3) is 3.30. The monoisotopic (exact) mass is 238 g/mol. The molecule has 0 spiro atoms. The van der Waals surface area contributed by atoms with Crippen LogP contribution >= 0.6 is 0 Å². The van der Waals surface area contributed by atoms with Crippen molar-refractivity contribution >= 4 is 11.6 Å². The number of nitrogens with one attached hydrogen (secondary N) is 2. The van der Waals surface area contributed by atoms with Crippen molar-refractivity contribution in [2.75, 3.05) is 24.3 Å². The van der Waals surface area contributed by atoms with Crippen molar-refractivity contribution in [3.63, 3.8) is 0 Å². The van der Waals surface area contributed by atoms with E-state index in [9.17, 15) is 5.11 Å². The van der Waals surface area contributed by atoms with Gasteiger partial charge in [0.15, 0.2) is 0 Å². The Morgan fingerprint density at radius 3 is 2.24 bits per heavy atom. The fourth-order valence-corrected chi connectivity index (χ4v) is 1.61. The topological polar surface area (TPSA) is 70.1 Å². The second-order valence-corrected chi connectivity index (χ2v) is 4.52. The lowest BCUT2D eigenvalue weighted by Crippen LogP contribution is -2.30. The molecule has 0 bridgehead atoms. The van der Waals surface area contributed by atoms with Crippen LogP contribution in [0.5, 0.6) is 0 Å². The van der Waals surface area contributed by atoms with E-state index in [1.807, 2.05) is 20.9 Å². The van der Waals surface area contributed by atoms with Gasteiger partial charge in [-0.2, -0.15) is 0 Å². The Morgan fingerprint density at radius 2 is 1.76 bits per heavy atom. The van der Waals surface area contributed by atoms with E-state index in [-0.39, 0.29) is 12.6 Å². The molecule has 0 saturated carbocycles. The maximum Gasteiger partial charge on any atom is 0.135 e. The van der Waals surface area contributed by atoms with Crippen LogP contribution < -0.4 is 10.6 Å². The molecule has 0 aliphatic rings. The van der Waals surface area contributed by atoms with E-state index < -0.39 is 0 Å². The molecule has 1 aromatic rings. The number of aliphatic hydroxyl groups excluding tert-OH is 1. The molecule has 5 heteroatoms. The number of anilines is 2. The first-order chi connectivity index (χ1) is 7.99. The highest BCUT2D eigenvalue weighted by atomic mass is 16.3. The third-order valence-corrected chi connectivity index (χ3v) is 2.82. The normalized spacial score (nSPS) is 12.6. The van der Waals surface area contributed by atoms with E-state index in [4.69, 9.17) is 0 Å². The molecule has 3 N–H and O–H groups in total. The maximum absolute atomic E-state index is 9.32. The average molecular weight is 238 g/mol. The molecular weight excluding hydrogens is 216 g/mol. The summed E-state index contributed by atoms with van der Waals surface area (Å²) in [6, 6.07) is 0.00714. The Hall–Kier alpha value is -1.36. The zero-order valence-electron chi connectivity index (χ0n) is 11.2. The SMILES string of the molecule is CNc1nc(C)nc(NC(CO)C(C)C)c1C. The molecule has 0 amide bonds. The molecule has 1 rings (SSSR count). The summed E-state index contributed by atoms with van der Waals surface area (Å²) in [5.74, 6) is 2.66. The number of hydrogen-bond acceptors (Lipinski definition) is 5. The van der Waals surface area contributed by atoms with E-state index in [1.54, 1.807) is 0 Å². The fourth-order valence-electron chi connectivity index (χ4n) is 1.61. The largest absolute Gasteiger partial charge is 0.394 e. The number of aryl methyl sites for hydroxylation is 1. The molecular formula is C12H22N4O. The Balaban J connectivity index is 3.01. The van der Waals surface area contributed by atoms with Gasteiger partial charge in [0, 0.05) is 12.6 Å². The van der Waals surface area contributed by atoms with Crippen molar-refractivity contribution in [3.8, 4) is 0 Å². The van der Waals surface area contributed by atoms with Gasteiger partial charge in [-0.25, -0.2) is 9.97 Å². The first-order valence-electron chi connectivity index (χ1n) is 5.90. The minimum atomic E-state index is 0.00714. The van der Waals surface area contributed by atoms with E-state index in [0.717, 1.165) is 17.2 Å². The highest BCUT2D eigenvalue weighted by Gasteiger charge is 2.15. The van der Waals surface area contributed by atoms with Gasteiger partial charge in [-0.3, -0.25) is 0 Å². The number of hydrogen-bond donors (Lipinski definition) is 3. The highest BCUT2D eigenvalue weighted by Crippen LogP contribution is 2.21. The minimum absolute atomic E-state index is 0.00714. The summed E-state index contributed by atoms with van der Waals surface area (Å²) in [4.78, 5) is 8.68. The van der Waals surface area contributed by atoms with Crippen molar-refractivity contribution in [1.29, 1.82) is 0 Å². The fraction of sp³-hybridized carbons (Fsp3) is 0.667. The summed E-state index contributed by atoms with van der Waals surface area (Å²) in [6.45, 7) is 8.04. The van der Waals surface area contributed by atoms with Crippen molar-refractivity contribution in [1.82, 2.24) is 9.97 Å². The highest BCUT2D eigenvalue weighted by molar-refractivity contribution is 5.57. The molecule has 96 valence electrons. The van der Waals surface area contributed by atoms with Crippen LogP contribution in [-0.2, 0) is 0 Å². The van der Waals surface area contributed by atoms with E-state index >= 15 is 0 Å². The van der Waals surface area contributed by atoms with Crippen LogP contribution in [0.4, 0.5) is 11.6 Å². The quantitative estimate of drug-likeness (QED) is 0.726. The van der Waals surface area contributed by atoms with Crippen LogP contribution in [0.25, 0.3) is 0 Å². The molecule has 5 nitrogen and oxygen atoms in total. The van der Waals surface area contributed by atoms with Crippen LogP contribution in [0, 0.1) is 19.8 Å². The lowest BCUT2D eigenvalue weighted by Gasteiger charge is -2.22. The first kappa shape index (κ1) is 13.7. The average Bonchev–Trinajstić information content (AvgIpc) is 2.29. The molecule has 0 fully saturated rings. The number of rotatable bonds is 5. The molecule has 0 aliphatic heterocycles. The first-order valence-corrected chi connectivity index (χ1v) is 5.90. The molecule has 1 aromatic heterocycles. The van der Waals surface area contributed by atoms with E-state index in [0.29, 0.717) is 11.7 Å². The molecule has 1 heterocycles. The van der Waals surface area contributed by atoms with Gasteiger partial charge < -0.3 is 15.7 Å². The lowest BCUT2D eigenvalue weighted by molar-refractivity contribution is 0.249. The van der Waals surface area contributed by atoms with Gasteiger partial charge in [-0.15, -0.1) is 0 Å². The van der Waals surface area contributed by atoms with Crippen LogP contribution in [0.1, 0.15) is 25.2 Å². The second kappa shape index (κ2) is 5.82. The second-order valence-electron chi connectivity index (χ2n) is 4.52. The molecule has 0 saturated heterocycles. The smallest absolute Gasteiger partial charge is 0.135 e. The van der Waals surface area contributed by atoms with Gasteiger partial charge in [0.25, 0.3) is 0 Å². The molecule has 1 atom stereocenters.